The molecular formula is C10H12FN. The van der Waals surface area contributed by atoms with Crippen LogP contribution in [0.15, 0.2) is 18.2 Å². The summed E-state index contributed by atoms with van der Waals surface area (Å²) in [5.74, 6) is 0.247. The first-order valence-corrected chi connectivity index (χ1v) is 4.27. The lowest BCUT2D eigenvalue weighted by molar-refractivity contribution is 0.523. The van der Waals surface area contributed by atoms with Gasteiger partial charge in [-0.25, -0.2) is 4.39 Å². The van der Waals surface area contributed by atoms with Crippen molar-refractivity contribution >= 4 is 0 Å². The van der Waals surface area contributed by atoms with Crippen LogP contribution in [0.3, 0.4) is 0 Å². The van der Waals surface area contributed by atoms with Crippen LogP contribution in [-0.4, -0.2) is 6.54 Å². The Kier molecular flexibility index (Phi) is 1.85. The Balaban J connectivity index is 2.53. The molecule has 64 valence electrons. The standard InChI is InChI=1S/C10H12FN/c1-7-5-12-6-8-3-2-4-9(11)10(7)8/h2-4,7,12H,5-6H2,1H3. The van der Waals surface area contributed by atoms with Gasteiger partial charge in [-0.1, -0.05) is 19.1 Å². The van der Waals surface area contributed by atoms with Crippen molar-refractivity contribution in [3.8, 4) is 0 Å². The van der Waals surface area contributed by atoms with E-state index in [1.165, 1.54) is 0 Å². The van der Waals surface area contributed by atoms with Gasteiger partial charge in [0.1, 0.15) is 5.82 Å². The number of benzene rings is 1. The van der Waals surface area contributed by atoms with Crippen LogP contribution < -0.4 is 5.32 Å². The molecule has 1 nitrogen and oxygen atoms in total. The van der Waals surface area contributed by atoms with Crippen molar-refractivity contribution < 1.29 is 4.39 Å². The van der Waals surface area contributed by atoms with Gasteiger partial charge in [-0.05, 0) is 23.1 Å². The lowest BCUT2D eigenvalue weighted by atomic mass is 9.92. The second kappa shape index (κ2) is 2.87. The zero-order valence-electron chi connectivity index (χ0n) is 7.10. The molecule has 12 heavy (non-hydrogen) atoms. The van der Waals surface area contributed by atoms with Gasteiger partial charge in [0.25, 0.3) is 0 Å². The number of fused-ring (bicyclic) bond motifs is 1. The van der Waals surface area contributed by atoms with Crippen LogP contribution in [0.2, 0.25) is 0 Å². The van der Waals surface area contributed by atoms with Crippen molar-refractivity contribution in [1.29, 1.82) is 0 Å². The van der Waals surface area contributed by atoms with Gasteiger partial charge in [0.2, 0.25) is 0 Å². The van der Waals surface area contributed by atoms with Gasteiger partial charge in [-0.15, -0.1) is 0 Å². The summed E-state index contributed by atoms with van der Waals surface area (Å²) < 4.78 is 13.3. The molecule has 0 radical (unpaired) electrons. The largest absolute Gasteiger partial charge is 0.312 e. The maximum Gasteiger partial charge on any atom is 0.127 e. The first-order chi connectivity index (χ1) is 5.79. The van der Waals surface area contributed by atoms with E-state index < -0.39 is 0 Å². The number of halogens is 1. The van der Waals surface area contributed by atoms with E-state index in [0.29, 0.717) is 5.92 Å². The van der Waals surface area contributed by atoms with Gasteiger partial charge < -0.3 is 5.32 Å². The fraction of sp³-hybridized carbons (Fsp3) is 0.400. The van der Waals surface area contributed by atoms with E-state index in [4.69, 9.17) is 0 Å². The molecule has 0 spiro atoms. The van der Waals surface area contributed by atoms with Gasteiger partial charge >= 0.3 is 0 Å². The Labute approximate surface area is 71.6 Å². The van der Waals surface area contributed by atoms with Gasteiger partial charge in [-0.2, -0.15) is 0 Å². The summed E-state index contributed by atoms with van der Waals surface area (Å²) in [5, 5.41) is 3.25. The van der Waals surface area contributed by atoms with Gasteiger partial charge in [-0.3, -0.25) is 0 Å². The highest BCUT2D eigenvalue weighted by molar-refractivity contribution is 5.33. The van der Waals surface area contributed by atoms with Crippen LogP contribution in [0.5, 0.6) is 0 Å². The third kappa shape index (κ3) is 1.12. The molecule has 0 saturated heterocycles. The molecule has 0 bridgehead atoms. The number of rotatable bonds is 0. The minimum absolute atomic E-state index is 0.0542. The Morgan fingerprint density at radius 3 is 3.08 bits per heavy atom. The van der Waals surface area contributed by atoms with Crippen LogP contribution in [0.4, 0.5) is 4.39 Å². The monoisotopic (exact) mass is 165 g/mol. The third-order valence-corrected chi connectivity index (χ3v) is 2.40. The van der Waals surface area contributed by atoms with Crippen molar-refractivity contribution in [3.05, 3.63) is 35.1 Å². The maximum atomic E-state index is 13.3. The molecule has 0 aliphatic carbocycles. The van der Waals surface area contributed by atoms with Crippen molar-refractivity contribution in [2.24, 2.45) is 0 Å². The molecule has 1 aliphatic rings. The predicted octanol–water partition coefficient (Wildman–Crippen LogP) is 2.03. The highest BCUT2D eigenvalue weighted by Crippen LogP contribution is 2.25. The smallest absolute Gasteiger partial charge is 0.127 e. The molecule has 1 aromatic rings. The zero-order valence-corrected chi connectivity index (χ0v) is 7.10. The Morgan fingerprint density at radius 2 is 2.33 bits per heavy atom. The summed E-state index contributed by atoms with van der Waals surface area (Å²) in [7, 11) is 0. The first kappa shape index (κ1) is 7.74. The fourth-order valence-corrected chi connectivity index (χ4v) is 1.81. The molecule has 0 saturated carbocycles. The molecule has 0 aromatic heterocycles. The SMILES string of the molecule is CC1CNCc2cccc(F)c21. The molecule has 1 N–H and O–H groups in total. The van der Waals surface area contributed by atoms with Gasteiger partial charge in [0.15, 0.2) is 0 Å². The van der Waals surface area contributed by atoms with E-state index in [1.54, 1.807) is 12.1 Å². The minimum atomic E-state index is -0.0542. The average Bonchev–Trinajstić information content (AvgIpc) is 2.04. The summed E-state index contributed by atoms with van der Waals surface area (Å²) in [6, 6.07) is 5.30. The molecule has 0 fully saturated rings. The summed E-state index contributed by atoms with van der Waals surface area (Å²) in [4.78, 5) is 0. The molecule has 1 heterocycles. The molecular weight excluding hydrogens is 153 g/mol. The van der Waals surface area contributed by atoms with E-state index in [1.807, 2.05) is 13.0 Å². The molecule has 1 atom stereocenters. The van der Waals surface area contributed by atoms with Crippen LogP contribution in [0.1, 0.15) is 24.0 Å². The van der Waals surface area contributed by atoms with E-state index >= 15 is 0 Å². The Bertz CT molecular complexity index is 296. The van der Waals surface area contributed by atoms with Crippen LogP contribution >= 0.6 is 0 Å². The summed E-state index contributed by atoms with van der Waals surface area (Å²) in [5.41, 5.74) is 2.00. The molecule has 1 unspecified atom stereocenters. The molecule has 1 aromatic carbocycles. The molecule has 1 aliphatic heterocycles. The predicted molar refractivity (Wildman–Crippen MR) is 46.5 cm³/mol. The maximum absolute atomic E-state index is 13.3. The minimum Gasteiger partial charge on any atom is -0.312 e. The normalized spacial score (nSPS) is 22.0. The van der Waals surface area contributed by atoms with Crippen LogP contribution in [0.25, 0.3) is 0 Å². The molecule has 0 amide bonds. The lowest BCUT2D eigenvalue weighted by Gasteiger charge is -2.23. The fourth-order valence-electron chi connectivity index (χ4n) is 1.81. The highest BCUT2D eigenvalue weighted by atomic mass is 19.1. The van der Waals surface area contributed by atoms with E-state index in [-0.39, 0.29) is 5.82 Å². The first-order valence-electron chi connectivity index (χ1n) is 4.27. The second-order valence-corrected chi connectivity index (χ2v) is 3.34. The summed E-state index contributed by atoms with van der Waals surface area (Å²) >= 11 is 0. The van der Waals surface area contributed by atoms with Gasteiger partial charge in [0.05, 0.1) is 0 Å². The van der Waals surface area contributed by atoms with E-state index in [0.717, 1.165) is 24.2 Å². The second-order valence-electron chi connectivity index (χ2n) is 3.34. The third-order valence-electron chi connectivity index (χ3n) is 2.40. The molecule has 2 rings (SSSR count). The number of hydrogen-bond donors (Lipinski definition) is 1. The Morgan fingerprint density at radius 1 is 1.50 bits per heavy atom. The topological polar surface area (TPSA) is 12.0 Å². The number of nitrogens with one attached hydrogen (secondary N) is 1. The van der Waals surface area contributed by atoms with Gasteiger partial charge in [0, 0.05) is 13.1 Å². The van der Waals surface area contributed by atoms with Crippen molar-refractivity contribution in [1.82, 2.24) is 5.32 Å². The quantitative estimate of drug-likeness (QED) is 0.620. The summed E-state index contributed by atoms with van der Waals surface area (Å²) in [6.07, 6.45) is 0. The van der Waals surface area contributed by atoms with Crippen molar-refractivity contribution in [2.75, 3.05) is 6.54 Å². The Hall–Kier alpha value is -0.890. The summed E-state index contributed by atoms with van der Waals surface area (Å²) in [6.45, 7) is 3.74. The van der Waals surface area contributed by atoms with Crippen molar-refractivity contribution in [3.63, 3.8) is 0 Å². The van der Waals surface area contributed by atoms with Crippen LogP contribution in [-0.2, 0) is 6.54 Å². The highest BCUT2D eigenvalue weighted by Gasteiger charge is 2.18. The van der Waals surface area contributed by atoms with E-state index in [2.05, 4.69) is 5.32 Å². The lowest BCUT2D eigenvalue weighted by Crippen LogP contribution is -2.27. The van der Waals surface area contributed by atoms with E-state index in [9.17, 15) is 4.39 Å². The van der Waals surface area contributed by atoms with Crippen LogP contribution in [0, 0.1) is 5.82 Å². The zero-order chi connectivity index (χ0) is 8.55. The number of hydrogen-bond acceptors (Lipinski definition) is 1. The van der Waals surface area contributed by atoms with Crippen molar-refractivity contribution in [2.45, 2.75) is 19.4 Å². The molecule has 2 heteroatoms. The average molecular weight is 165 g/mol.